The minimum atomic E-state index is -0.248. The van der Waals surface area contributed by atoms with Gasteiger partial charge in [-0.1, -0.05) is 96.9 Å². The monoisotopic (exact) mass is 689 g/mol. The first kappa shape index (κ1) is 36.8. The fourth-order valence-corrected chi connectivity index (χ4v) is 8.06. The molecule has 0 fully saturated rings. The smallest absolute Gasteiger partial charge is 0.226 e. The SMILES string of the molecule is CC(C)(C)c1oc2ncccc2c1C(C)(C)CCC(C)(C)c1oc2cnccc2c1C(C)(C)CCC(C)(C)c1oc2cccnc2c1C(C)(C)C. The van der Waals surface area contributed by atoms with Crippen molar-refractivity contribution in [2.45, 2.75) is 155 Å². The maximum atomic E-state index is 6.86. The Morgan fingerprint density at radius 2 is 1.00 bits per heavy atom. The summed E-state index contributed by atoms with van der Waals surface area (Å²) >= 11 is 0. The zero-order chi connectivity index (χ0) is 37.4. The molecule has 0 aromatic carbocycles. The van der Waals surface area contributed by atoms with Gasteiger partial charge in [-0.3, -0.25) is 9.97 Å². The molecule has 0 bridgehead atoms. The van der Waals surface area contributed by atoms with E-state index in [1.165, 1.54) is 16.7 Å². The van der Waals surface area contributed by atoms with Crippen LogP contribution in [0.5, 0.6) is 0 Å². The Morgan fingerprint density at radius 3 is 1.61 bits per heavy atom. The number of rotatable bonds is 10. The van der Waals surface area contributed by atoms with Gasteiger partial charge in [0.05, 0.1) is 6.20 Å². The first-order chi connectivity index (χ1) is 23.5. The van der Waals surface area contributed by atoms with Gasteiger partial charge in [0.15, 0.2) is 11.2 Å². The van der Waals surface area contributed by atoms with E-state index < -0.39 is 0 Å². The minimum absolute atomic E-state index is 0.104. The summed E-state index contributed by atoms with van der Waals surface area (Å²) in [4.78, 5) is 13.8. The second-order valence-corrected chi connectivity index (χ2v) is 19.5. The Bertz CT molecular complexity index is 2190. The molecule has 6 aromatic heterocycles. The summed E-state index contributed by atoms with van der Waals surface area (Å²) in [5.74, 6) is 3.12. The number of fused-ring (bicyclic) bond motifs is 3. The number of hydrogen-bond acceptors (Lipinski definition) is 6. The van der Waals surface area contributed by atoms with E-state index in [4.69, 9.17) is 18.2 Å². The van der Waals surface area contributed by atoms with E-state index in [0.717, 1.165) is 76.1 Å². The van der Waals surface area contributed by atoms with Crippen LogP contribution in [0.1, 0.15) is 157 Å². The lowest BCUT2D eigenvalue weighted by molar-refractivity contribution is 0.299. The lowest BCUT2D eigenvalue weighted by Gasteiger charge is -2.36. The molecule has 0 saturated carbocycles. The maximum absolute atomic E-state index is 6.86. The van der Waals surface area contributed by atoms with Crippen molar-refractivity contribution >= 4 is 33.2 Å². The van der Waals surface area contributed by atoms with E-state index in [-0.39, 0.29) is 32.5 Å². The highest BCUT2D eigenvalue weighted by atomic mass is 16.3. The van der Waals surface area contributed by atoms with E-state index in [2.05, 4.69) is 119 Å². The van der Waals surface area contributed by atoms with Gasteiger partial charge in [0, 0.05) is 62.3 Å². The van der Waals surface area contributed by atoms with E-state index in [1.54, 1.807) is 0 Å². The average molecular weight is 690 g/mol. The van der Waals surface area contributed by atoms with Crippen LogP contribution in [0, 0.1) is 0 Å². The van der Waals surface area contributed by atoms with Crippen LogP contribution < -0.4 is 0 Å². The van der Waals surface area contributed by atoms with E-state index in [9.17, 15) is 0 Å². The van der Waals surface area contributed by atoms with Crippen molar-refractivity contribution < 1.29 is 13.3 Å². The van der Waals surface area contributed by atoms with Crippen LogP contribution in [0.2, 0.25) is 0 Å². The molecule has 272 valence electrons. The molecule has 0 unspecified atom stereocenters. The molecule has 0 aliphatic heterocycles. The van der Waals surface area contributed by atoms with Gasteiger partial charge in [-0.05, 0) is 72.3 Å². The van der Waals surface area contributed by atoms with Crippen molar-refractivity contribution in [2.75, 3.05) is 0 Å². The second-order valence-electron chi connectivity index (χ2n) is 19.5. The molecule has 0 saturated heterocycles. The highest BCUT2D eigenvalue weighted by Crippen LogP contribution is 2.50. The van der Waals surface area contributed by atoms with Gasteiger partial charge in [0.1, 0.15) is 22.8 Å². The van der Waals surface area contributed by atoms with Gasteiger partial charge >= 0.3 is 0 Å². The summed E-state index contributed by atoms with van der Waals surface area (Å²) in [7, 11) is 0. The number of pyridine rings is 3. The molecule has 0 N–H and O–H groups in total. The molecule has 6 heteroatoms. The predicted octanol–water partition coefficient (Wildman–Crippen LogP) is 12.8. The van der Waals surface area contributed by atoms with Crippen molar-refractivity contribution in [3.8, 4) is 0 Å². The third-order valence-corrected chi connectivity index (χ3v) is 11.2. The van der Waals surface area contributed by atoms with Crippen LogP contribution in [0.4, 0.5) is 0 Å². The summed E-state index contributed by atoms with van der Waals surface area (Å²) in [5, 5.41) is 2.26. The van der Waals surface area contributed by atoms with Crippen molar-refractivity contribution in [2.24, 2.45) is 0 Å². The van der Waals surface area contributed by atoms with E-state index in [0.29, 0.717) is 0 Å². The van der Waals surface area contributed by atoms with Crippen molar-refractivity contribution in [1.29, 1.82) is 0 Å². The molecular formula is C45H59N3O3. The third kappa shape index (κ3) is 6.76. The Hall–Kier alpha value is -3.93. The van der Waals surface area contributed by atoms with Crippen molar-refractivity contribution in [3.05, 3.63) is 89.1 Å². The van der Waals surface area contributed by atoms with Gasteiger partial charge < -0.3 is 13.3 Å². The number of nitrogens with zero attached hydrogens (tertiary/aromatic N) is 3. The van der Waals surface area contributed by atoms with Crippen LogP contribution >= 0.6 is 0 Å². The molecule has 0 spiro atoms. The molecule has 0 atom stereocenters. The van der Waals surface area contributed by atoms with Gasteiger partial charge in [0.25, 0.3) is 0 Å². The van der Waals surface area contributed by atoms with Gasteiger partial charge in [-0.25, -0.2) is 4.98 Å². The zero-order valence-electron chi connectivity index (χ0n) is 33.6. The lowest BCUT2D eigenvalue weighted by Crippen LogP contribution is -2.30. The van der Waals surface area contributed by atoms with Crippen molar-refractivity contribution in [3.63, 3.8) is 0 Å². The topological polar surface area (TPSA) is 78.1 Å². The minimum Gasteiger partial charge on any atom is -0.459 e. The van der Waals surface area contributed by atoms with E-state index >= 15 is 0 Å². The van der Waals surface area contributed by atoms with Gasteiger partial charge in [-0.15, -0.1) is 0 Å². The zero-order valence-corrected chi connectivity index (χ0v) is 33.6. The van der Waals surface area contributed by atoms with Crippen LogP contribution in [-0.4, -0.2) is 15.0 Å². The largest absolute Gasteiger partial charge is 0.459 e. The molecule has 0 aliphatic rings. The number of aromatic nitrogens is 3. The maximum Gasteiger partial charge on any atom is 0.226 e. The second kappa shape index (κ2) is 12.3. The molecule has 0 amide bonds. The summed E-state index contributed by atoms with van der Waals surface area (Å²) in [6.07, 6.45) is 11.2. The molecule has 6 nitrogen and oxygen atoms in total. The molecule has 6 aromatic rings. The summed E-state index contributed by atoms with van der Waals surface area (Å²) in [6, 6.07) is 10.3. The van der Waals surface area contributed by atoms with Gasteiger partial charge in [-0.2, -0.15) is 0 Å². The Balaban J connectivity index is 1.34. The lowest BCUT2D eigenvalue weighted by atomic mass is 9.68. The van der Waals surface area contributed by atoms with Gasteiger partial charge in [0.2, 0.25) is 5.71 Å². The fourth-order valence-electron chi connectivity index (χ4n) is 8.06. The van der Waals surface area contributed by atoms with Crippen molar-refractivity contribution in [1.82, 2.24) is 15.0 Å². The third-order valence-electron chi connectivity index (χ3n) is 11.2. The number of furan rings is 3. The highest BCUT2D eigenvalue weighted by molar-refractivity contribution is 5.83. The van der Waals surface area contributed by atoms with E-state index in [1.807, 2.05) is 43.0 Å². The molecular weight excluding hydrogens is 631 g/mol. The van der Waals surface area contributed by atoms with Crippen LogP contribution in [-0.2, 0) is 32.5 Å². The Labute approximate surface area is 304 Å². The Morgan fingerprint density at radius 1 is 0.471 bits per heavy atom. The summed E-state index contributed by atoms with van der Waals surface area (Å²) in [5.41, 5.74) is 6.10. The molecule has 6 rings (SSSR count). The average Bonchev–Trinajstić information content (AvgIpc) is 3.76. The van der Waals surface area contributed by atoms with Crippen LogP contribution in [0.25, 0.3) is 33.2 Å². The molecule has 51 heavy (non-hydrogen) atoms. The molecule has 0 aliphatic carbocycles. The molecule has 0 radical (unpaired) electrons. The van der Waals surface area contributed by atoms with Crippen LogP contribution in [0.3, 0.4) is 0 Å². The Kier molecular flexibility index (Phi) is 8.92. The highest BCUT2D eigenvalue weighted by Gasteiger charge is 2.42. The summed E-state index contributed by atoms with van der Waals surface area (Å²) < 4.78 is 20.0. The predicted molar refractivity (Wildman–Crippen MR) is 210 cm³/mol. The molecule has 6 heterocycles. The summed E-state index contributed by atoms with van der Waals surface area (Å²) in [6.45, 7) is 32.2. The normalized spacial score (nSPS) is 14.0. The number of hydrogen-bond donors (Lipinski definition) is 0. The first-order valence-corrected chi connectivity index (χ1v) is 18.7. The van der Waals surface area contributed by atoms with Crippen LogP contribution in [0.15, 0.2) is 68.4 Å². The fraction of sp³-hybridized carbons (Fsp3) is 0.533. The first-order valence-electron chi connectivity index (χ1n) is 18.7. The quantitative estimate of drug-likeness (QED) is 0.142. The standard InChI is InChI=1S/C45H59N3O3/c1-40(2,3)34-35-30(18-16-24-47-35)49-38(34)45(13,14)23-20-42(7,8)32-28-19-26-46-27-31(28)50-37(32)44(11,12)22-21-43(9,10)33-29-17-15-25-48-39(29)51-36(33)41(4,5)6/h15-19,24-27H,20-23H2,1-14H3.